The monoisotopic (exact) mass is 611 g/mol. The fourth-order valence-electron chi connectivity index (χ4n) is 6.37. The van der Waals surface area contributed by atoms with Gasteiger partial charge < -0.3 is 15.4 Å². The Balaban J connectivity index is 0.00000372. The van der Waals surface area contributed by atoms with Gasteiger partial charge in [-0.3, -0.25) is 19.9 Å². The molecule has 4 aromatic heterocycles. The van der Waals surface area contributed by atoms with Gasteiger partial charge in [-0.1, -0.05) is 62.0 Å². The topological polar surface area (TPSA) is 103 Å². The molecule has 1 aliphatic rings. The van der Waals surface area contributed by atoms with Gasteiger partial charge in [-0.15, -0.1) is 0 Å². The van der Waals surface area contributed by atoms with Gasteiger partial charge in [0.1, 0.15) is 11.9 Å². The van der Waals surface area contributed by atoms with Crippen LogP contribution in [0.25, 0.3) is 11.0 Å². The van der Waals surface area contributed by atoms with Crippen molar-refractivity contribution in [2.75, 3.05) is 0 Å². The van der Waals surface area contributed by atoms with E-state index in [1.807, 2.05) is 60.8 Å². The number of benzene rings is 2. The Morgan fingerprint density at radius 2 is 1.50 bits per heavy atom. The van der Waals surface area contributed by atoms with Crippen LogP contribution in [0.1, 0.15) is 78.1 Å². The van der Waals surface area contributed by atoms with E-state index in [2.05, 4.69) is 67.6 Å². The third kappa shape index (κ3) is 7.05. The summed E-state index contributed by atoms with van der Waals surface area (Å²) in [6.07, 6.45) is 7.83. The Kier molecular flexibility index (Phi) is 9.88. The van der Waals surface area contributed by atoms with Crippen LogP contribution < -0.4 is 5.32 Å². The van der Waals surface area contributed by atoms with Crippen molar-refractivity contribution in [2.24, 2.45) is 0 Å². The first kappa shape index (κ1) is 31.2. The second-order valence-electron chi connectivity index (χ2n) is 11.7. The van der Waals surface area contributed by atoms with Crippen molar-refractivity contribution in [3.8, 4) is 0 Å². The zero-order chi connectivity index (χ0) is 30.4. The molecule has 3 N–H and O–H groups in total. The van der Waals surface area contributed by atoms with Crippen molar-refractivity contribution in [3.05, 3.63) is 155 Å². The fraction of sp³-hybridized carbons (Fsp3) is 0.263. The molecule has 0 saturated carbocycles. The molecule has 4 heterocycles. The van der Waals surface area contributed by atoms with Gasteiger partial charge in [0, 0.05) is 31.7 Å². The van der Waals surface area contributed by atoms with Crippen LogP contribution in [0.3, 0.4) is 0 Å². The summed E-state index contributed by atoms with van der Waals surface area (Å²) in [7, 11) is 0. The molecule has 1 aliphatic carbocycles. The van der Waals surface area contributed by atoms with E-state index in [0.717, 1.165) is 53.9 Å². The number of nitrogens with zero attached hydrogens (tertiary/aromatic N) is 5. The molecule has 7 rings (SSSR count). The number of fused-ring (bicyclic) bond motifs is 2. The summed E-state index contributed by atoms with van der Waals surface area (Å²) in [4.78, 5) is 24.7. The Hall–Kier alpha value is -4.76. The molecule has 8 heteroatoms. The minimum absolute atomic E-state index is 0. The number of H-pyrrole nitrogens is 1. The van der Waals surface area contributed by atoms with Crippen molar-refractivity contribution in [1.82, 2.24) is 35.1 Å². The molecule has 0 spiro atoms. The predicted molar refractivity (Wildman–Crippen MR) is 181 cm³/mol. The zero-order valence-electron chi connectivity index (χ0n) is 25.1. The molecule has 0 amide bonds. The molecule has 46 heavy (non-hydrogen) atoms. The minimum Gasteiger partial charge on any atom is -0.385 e. The SMILES string of the molecule is C.OC(c1ccccn1)C(NCc1ccc(CN(Cc2nc3ccccc3[nH]2)C2CCCc3cccnc32)cc1)c1ccccn1. The lowest BCUT2D eigenvalue weighted by molar-refractivity contribution is 0.121. The second-order valence-corrected chi connectivity index (χ2v) is 11.7. The van der Waals surface area contributed by atoms with Gasteiger partial charge in [0.15, 0.2) is 0 Å². The summed E-state index contributed by atoms with van der Waals surface area (Å²) in [5, 5.41) is 14.8. The van der Waals surface area contributed by atoms with Gasteiger partial charge in [0.05, 0.1) is 46.7 Å². The number of aliphatic hydroxyl groups excluding tert-OH is 1. The number of rotatable bonds is 11. The average Bonchev–Trinajstić information content (AvgIpc) is 3.52. The molecule has 0 bridgehead atoms. The van der Waals surface area contributed by atoms with Gasteiger partial charge in [0.25, 0.3) is 0 Å². The van der Waals surface area contributed by atoms with Gasteiger partial charge in [-0.05, 0) is 78.4 Å². The maximum absolute atomic E-state index is 11.2. The van der Waals surface area contributed by atoms with Crippen LogP contribution in [0.5, 0.6) is 0 Å². The molecule has 0 saturated heterocycles. The first-order valence-electron chi connectivity index (χ1n) is 15.6. The lowest BCUT2D eigenvalue weighted by Gasteiger charge is -2.34. The van der Waals surface area contributed by atoms with E-state index in [1.165, 1.54) is 16.8 Å². The molecule has 0 aliphatic heterocycles. The standard InChI is InChI=1S/C37H37N7O.CH4/c45-37(32-14-4-6-21-39-32)36(31-13-3-5-20-38-31)41-23-26-16-18-27(19-17-26)24-44(25-34-42-29-11-1-2-12-30(29)43-34)33-15-7-9-28-10-8-22-40-35(28)33;/h1-6,8,10-14,16-22,33,36-37,41,45H,7,9,15,23-25H2,(H,42,43);1H4. The van der Waals surface area contributed by atoms with Crippen LogP contribution in [0, 0.1) is 0 Å². The maximum atomic E-state index is 11.2. The quantitative estimate of drug-likeness (QED) is 0.145. The Morgan fingerprint density at radius 1 is 0.783 bits per heavy atom. The van der Waals surface area contributed by atoms with E-state index in [9.17, 15) is 5.11 Å². The lowest BCUT2D eigenvalue weighted by Crippen LogP contribution is -2.32. The third-order valence-corrected chi connectivity index (χ3v) is 8.65. The van der Waals surface area contributed by atoms with Crippen molar-refractivity contribution in [1.29, 1.82) is 0 Å². The highest BCUT2D eigenvalue weighted by Crippen LogP contribution is 2.35. The average molecular weight is 612 g/mol. The number of aromatic amines is 1. The fourth-order valence-corrected chi connectivity index (χ4v) is 6.37. The third-order valence-electron chi connectivity index (χ3n) is 8.65. The van der Waals surface area contributed by atoms with Crippen LogP contribution >= 0.6 is 0 Å². The Labute approximate surface area is 270 Å². The van der Waals surface area contributed by atoms with E-state index in [1.54, 1.807) is 12.4 Å². The van der Waals surface area contributed by atoms with Crippen molar-refractivity contribution < 1.29 is 5.11 Å². The lowest BCUT2D eigenvalue weighted by atomic mass is 9.90. The van der Waals surface area contributed by atoms with Crippen LogP contribution in [0.4, 0.5) is 0 Å². The number of imidazole rings is 1. The molecule has 6 aromatic rings. The van der Waals surface area contributed by atoms with E-state index in [-0.39, 0.29) is 13.5 Å². The Bertz CT molecular complexity index is 1790. The number of hydrogen-bond donors (Lipinski definition) is 3. The zero-order valence-corrected chi connectivity index (χ0v) is 25.1. The summed E-state index contributed by atoms with van der Waals surface area (Å²) in [5.74, 6) is 0.965. The smallest absolute Gasteiger partial charge is 0.121 e. The number of aromatic nitrogens is 5. The number of hydrogen-bond acceptors (Lipinski definition) is 7. The van der Waals surface area contributed by atoms with Gasteiger partial charge in [0.2, 0.25) is 0 Å². The van der Waals surface area contributed by atoms with E-state index in [0.29, 0.717) is 18.8 Å². The molecule has 3 unspecified atom stereocenters. The highest BCUT2D eigenvalue weighted by atomic mass is 16.3. The molecule has 3 atom stereocenters. The van der Waals surface area contributed by atoms with Crippen LogP contribution in [0.15, 0.2) is 116 Å². The molecule has 0 radical (unpaired) electrons. The van der Waals surface area contributed by atoms with Gasteiger partial charge in [-0.2, -0.15) is 0 Å². The van der Waals surface area contributed by atoms with Crippen molar-refractivity contribution in [3.63, 3.8) is 0 Å². The number of pyridine rings is 3. The predicted octanol–water partition coefficient (Wildman–Crippen LogP) is 7.03. The summed E-state index contributed by atoms with van der Waals surface area (Å²) in [6, 6.07) is 32.3. The molecule has 234 valence electrons. The second kappa shape index (κ2) is 14.6. The number of para-hydroxylation sites is 2. The summed E-state index contributed by atoms with van der Waals surface area (Å²) < 4.78 is 0. The summed E-state index contributed by atoms with van der Waals surface area (Å²) in [6.45, 7) is 2.06. The number of aliphatic hydroxyl groups is 1. The van der Waals surface area contributed by atoms with Crippen LogP contribution in [0.2, 0.25) is 0 Å². The highest BCUT2D eigenvalue weighted by molar-refractivity contribution is 5.74. The molecule has 2 aromatic carbocycles. The largest absolute Gasteiger partial charge is 0.385 e. The van der Waals surface area contributed by atoms with E-state index < -0.39 is 12.1 Å². The highest BCUT2D eigenvalue weighted by Gasteiger charge is 2.28. The van der Waals surface area contributed by atoms with Gasteiger partial charge >= 0.3 is 0 Å². The molecular weight excluding hydrogens is 570 g/mol. The summed E-state index contributed by atoms with van der Waals surface area (Å²) >= 11 is 0. The van der Waals surface area contributed by atoms with Crippen molar-refractivity contribution in [2.45, 2.75) is 64.5 Å². The molecule has 8 nitrogen and oxygen atoms in total. The molecular formula is C38H41N7O. The van der Waals surface area contributed by atoms with Gasteiger partial charge in [-0.25, -0.2) is 4.98 Å². The van der Waals surface area contributed by atoms with Crippen LogP contribution in [-0.4, -0.2) is 34.9 Å². The van der Waals surface area contributed by atoms with E-state index in [4.69, 9.17) is 9.97 Å². The minimum atomic E-state index is -0.834. The van der Waals surface area contributed by atoms with Crippen LogP contribution in [-0.2, 0) is 26.1 Å². The molecule has 0 fully saturated rings. The Morgan fingerprint density at radius 3 is 2.26 bits per heavy atom. The number of aryl methyl sites for hydroxylation is 1. The number of nitrogens with one attached hydrogen (secondary N) is 2. The summed E-state index contributed by atoms with van der Waals surface area (Å²) in [5.41, 5.74) is 8.32. The first-order chi connectivity index (χ1) is 22.2. The maximum Gasteiger partial charge on any atom is 0.121 e. The first-order valence-corrected chi connectivity index (χ1v) is 15.6. The van der Waals surface area contributed by atoms with Crippen molar-refractivity contribution >= 4 is 11.0 Å². The normalized spacial score (nSPS) is 15.7. The van der Waals surface area contributed by atoms with E-state index >= 15 is 0 Å².